The SMILES string of the molecule is Nc1cnc(N2CCN(C3CC3)CC2)nc1. The first-order chi connectivity index (χ1) is 7.83. The van der Waals surface area contributed by atoms with E-state index in [0.717, 1.165) is 38.2 Å². The Labute approximate surface area is 95.3 Å². The standard InChI is InChI=1S/C11H17N5/c12-9-7-13-11(14-8-9)16-5-3-15(4-6-16)10-1-2-10/h7-8,10H,1-6,12H2. The molecule has 5 nitrogen and oxygen atoms in total. The van der Waals surface area contributed by atoms with Crippen molar-refractivity contribution in [1.29, 1.82) is 0 Å². The van der Waals surface area contributed by atoms with Crippen molar-refractivity contribution in [2.45, 2.75) is 18.9 Å². The topological polar surface area (TPSA) is 58.3 Å². The smallest absolute Gasteiger partial charge is 0.225 e. The van der Waals surface area contributed by atoms with Crippen LogP contribution in [0.15, 0.2) is 12.4 Å². The van der Waals surface area contributed by atoms with Gasteiger partial charge in [0.15, 0.2) is 0 Å². The quantitative estimate of drug-likeness (QED) is 0.777. The largest absolute Gasteiger partial charge is 0.396 e. The van der Waals surface area contributed by atoms with Crippen LogP contribution in [0.1, 0.15) is 12.8 Å². The monoisotopic (exact) mass is 219 g/mol. The lowest BCUT2D eigenvalue weighted by molar-refractivity contribution is 0.247. The predicted octanol–water partition coefficient (Wildman–Crippen LogP) is 0.343. The van der Waals surface area contributed by atoms with Gasteiger partial charge in [0.2, 0.25) is 5.95 Å². The Morgan fingerprint density at radius 1 is 1.06 bits per heavy atom. The summed E-state index contributed by atoms with van der Waals surface area (Å²) >= 11 is 0. The molecule has 2 aliphatic rings. The third kappa shape index (κ3) is 1.95. The minimum atomic E-state index is 0.625. The average molecular weight is 219 g/mol. The summed E-state index contributed by atoms with van der Waals surface area (Å²) < 4.78 is 0. The van der Waals surface area contributed by atoms with E-state index in [1.807, 2.05) is 0 Å². The van der Waals surface area contributed by atoms with E-state index in [1.165, 1.54) is 12.8 Å². The van der Waals surface area contributed by atoms with Crippen LogP contribution in [0.4, 0.5) is 11.6 Å². The summed E-state index contributed by atoms with van der Waals surface area (Å²) in [7, 11) is 0. The van der Waals surface area contributed by atoms with Crippen molar-refractivity contribution in [2.75, 3.05) is 36.8 Å². The molecule has 16 heavy (non-hydrogen) atoms. The molecule has 5 heteroatoms. The Morgan fingerprint density at radius 3 is 2.25 bits per heavy atom. The van der Waals surface area contributed by atoms with Crippen LogP contribution in [0.2, 0.25) is 0 Å². The normalized spacial score (nSPS) is 22.4. The van der Waals surface area contributed by atoms with Gasteiger partial charge in [0.25, 0.3) is 0 Å². The van der Waals surface area contributed by atoms with Gasteiger partial charge in [0.1, 0.15) is 0 Å². The number of rotatable bonds is 2. The highest BCUT2D eigenvalue weighted by atomic mass is 15.3. The highest BCUT2D eigenvalue weighted by Crippen LogP contribution is 2.27. The second-order valence-corrected chi connectivity index (χ2v) is 4.57. The van der Waals surface area contributed by atoms with Gasteiger partial charge in [0, 0.05) is 32.2 Å². The highest BCUT2D eigenvalue weighted by molar-refractivity contribution is 5.38. The van der Waals surface area contributed by atoms with E-state index >= 15 is 0 Å². The van der Waals surface area contributed by atoms with Gasteiger partial charge in [-0.2, -0.15) is 0 Å². The molecule has 86 valence electrons. The minimum absolute atomic E-state index is 0.625. The summed E-state index contributed by atoms with van der Waals surface area (Å²) in [6.45, 7) is 4.33. The molecule has 2 heterocycles. The molecule has 1 aliphatic heterocycles. The van der Waals surface area contributed by atoms with E-state index in [4.69, 9.17) is 5.73 Å². The molecule has 1 aliphatic carbocycles. The van der Waals surface area contributed by atoms with Crippen molar-refractivity contribution >= 4 is 11.6 Å². The van der Waals surface area contributed by atoms with Crippen LogP contribution in [0.3, 0.4) is 0 Å². The van der Waals surface area contributed by atoms with Crippen LogP contribution in [0.5, 0.6) is 0 Å². The third-order valence-corrected chi connectivity index (χ3v) is 3.32. The summed E-state index contributed by atoms with van der Waals surface area (Å²) in [5, 5.41) is 0. The molecule has 0 unspecified atom stereocenters. The molecule has 0 spiro atoms. The van der Waals surface area contributed by atoms with Crippen LogP contribution in [0.25, 0.3) is 0 Å². The van der Waals surface area contributed by atoms with E-state index in [2.05, 4.69) is 19.8 Å². The number of hydrogen-bond donors (Lipinski definition) is 1. The van der Waals surface area contributed by atoms with Crippen molar-refractivity contribution in [3.63, 3.8) is 0 Å². The summed E-state index contributed by atoms with van der Waals surface area (Å²) in [4.78, 5) is 13.3. The molecular formula is C11H17N5. The van der Waals surface area contributed by atoms with E-state index in [0.29, 0.717) is 5.69 Å². The van der Waals surface area contributed by atoms with Gasteiger partial charge in [-0.25, -0.2) is 9.97 Å². The van der Waals surface area contributed by atoms with Gasteiger partial charge in [0.05, 0.1) is 18.1 Å². The van der Waals surface area contributed by atoms with Crippen molar-refractivity contribution in [1.82, 2.24) is 14.9 Å². The minimum Gasteiger partial charge on any atom is -0.396 e. The molecular weight excluding hydrogens is 202 g/mol. The zero-order valence-corrected chi connectivity index (χ0v) is 9.34. The van der Waals surface area contributed by atoms with E-state index < -0.39 is 0 Å². The lowest BCUT2D eigenvalue weighted by Gasteiger charge is -2.34. The first-order valence-electron chi connectivity index (χ1n) is 5.89. The predicted molar refractivity (Wildman–Crippen MR) is 63.3 cm³/mol. The fourth-order valence-corrected chi connectivity index (χ4v) is 2.22. The molecule has 1 saturated carbocycles. The number of aromatic nitrogens is 2. The van der Waals surface area contributed by atoms with Crippen LogP contribution in [-0.4, -0.2) is 47.1 Å². The molecule has 2 N–H and O–H groups in total. The number of nitrogen functional groups attached to an aromatic ring is 1. The molecule has 1 aromatic heterocycles. The van der Waals surface area contributed by atoms with Crippen LogP contribution in [0, 0.1) is 0 Å². The Kier molecular flexibility index (Phi) is 2.40. The van der Waals surface area contributed by atoms with Gasteiger partial charge in [-0.15, -0.1) is 0 Å². The summed E-state index contributed by atoms with van der Waals surface area (Å²) in [6, 6.07) is 0.870. The Morgan fingerprint density at radius 2 is 1.69 bits per heavy atom. The van der Waals surface area contributed by atoms with Gasteiger partial charge >= 0.3 is 0 Å². The fraction of sp³-hybridized carbons (Fsp3) is 0.636. The molecule has 0 amide bonds. The maximum absolute atomic E-state index is 5.57. The van der Waals surface area contributed by atoms with E-state index in [1.54, 1.807) is 12.4 Å². The fourth-order valence-electron chi connectivity index (χ4n) is 2.22. The number of nitrogens with zero attached hydrogens (tertiary/aromatic N) is 4. The lowest BCUT2D eigenvalue weighted by atomic mass is 10.3. The van der Waals surface area contributed by atoms with Crippen LogP contribution >= 0.6 is 0 Å². The molecule has 0 radical (unpaired) electrons. The first-order valence-corrected chi connectivity index (χ1v) is 5.89. The van der Waals surface area contributed by atoms with Gasteiger partial charge in [-0.05, 0) is 12.8 Å². The zero-order chi connectivity index (χ0) is 11.0. The number of nitrogens with two attached hydrogens (primary N) is 1. The summed E-state index contributed by atoms with van der Waals surface area (Å²) in [5.41, 5.74) is 6.20. The molecule has 0 bridgehead atoms. The summed E-state index contributed by atoms with van der Waals surface area (Å²) in [5.74, 6) is 0.810. The molecule has 0 aromatic carbocycles. The molecule has 1 saturated heterocycles. The van der Waals surface area contributed by atoms with Crippen molar-refractivity contribution in [2.24, 2.45) is 0 Å². The molecule has 3 rings (SSSR count). The maximum atomic E-state index is 5.57. The van der Waals surface area contributed by atoms with Crippen LogP contribution < -0.4 is 10.6 Å². The van der Waals surface area contributed by atoms with Crippen LogP contribution in [-0.2, 0) is 0 Å². The zero-order valence-electron chi connectivity index (χ0n) is 9.34. The third-order valence-electron chi connectivity index (χ3n) is 3.32. The molecule has 0 atom stereocenters. The Bertz CT molecular complexity index is 351. The highest BCUT2D eigenvalue weighted by Gasteiger charge is 2.31. The lowest BCUT2D eigenvalue weighted by Crippen LogP contribution is -2.47. The molecule has 1 aromatic rings. The van der Waals surface area contributed by atoms with Gasteiger partial charge in [-0.3, -0.25) is 4.90 Å². The average Bonchev–Trinajstić information content (AvgIpc) is 3.14. The number of hydrogen-bond acceptors (Lipinski definition) is 5. The summed E-state index contributed by atoms with van der Waals surface area (Å²) in [6.07, 6.45) is 6.13. The van der Waals surface area contributed by atoms with E-state index in [-0.39, 0.29) is 0 Å². The first kappa shape index (κ1) is 9.84. The second kappa shape index (κ2) is 3.90. The number of anilines is 2. The molecule has 2 fully saturated rings. The van der Waals surface area contributed by atoms with Crippen molar-refractivity contribution < 1.29 is 0 Å². The Balaban J connectivity index is 1.62. The van der Waals surface area contributed by atoms with Gasteiger partial charge < -0.3 is 10.6 Å². The van der Waals surface area contributed by atoms with Crippen molar-refractivity contribution in [3.05, 3.63) is 12.4 Å². The van der Waals surface area contributed by atoms with E-state index in [9.17, 15) is 0 Å². The van der Waals surface area contributed by atoms with Crippen molar-refractivity contribution in [3.8, 4) is 0 Å². The second-order valence-electron chi connectivity index (χ2n) is 4.57. The maximum Gasteiger partial charge on any atom is 0.225 e. The number of piperazine rings is 1. The van der Waals surface area contributed by atoms with Gasteiger partial charge in [-0.1, -0.05) is 0 Å². The Hall–Kier alpha value is -1.36.